The van der Waals surface area contributed by atoms with Crippen LogP contribution < -0.4 is 20.9 Å². The number of halogens is 1. The molecule has 5 rings (SSSR count). The SMILES string of the molecule is Cc1cc(Nc2ncc(F)c(NC3C4C=CC(C4)C3C(=O)NC(C)C)n2)ccc1N1CCN(C)CC1. The maximum atomic E-state index is 14.8. The smallest absolute Gasteiger partial charge is 0.229 e. The third kappa shape index (κ3) is 5.02. The van der Waals surface area contributed by atoms with E-state index in [1.807, 2.05) is 19.9 Å². The number of nitrogens with zero attached hydrogens (tertiary/aromatic N) is 4. The van der Waals surface area contributed by atoms with Crippen LogP contribution in [0.25, 0.3) is 0 Å². The van der Waals surface area contributed by atoms with E-state index in [0.717, 1.165) is 43.9 Å². The summed E-state index contributed by atoms with van der Waals surface area (Å²) in [4.78, 5) is 26.2. The highest BCUT2D eigenvalue weighted by molar-refractivity contribution is 5.81. The van der Waals surface area contributed by atoms with E-state index in [1.165, 1.54) is 11.9 Å². The molecule has 2 aromatic rings. The minimum atomic E-state index is -0.531. The van der Waals surface area contributed by atoms with Crippen LogP contribution in [-0.4, -0.2) is 66.1 Å². The topological polar surface area (TPSA) is 85.4 Å². The molecule has 1 aromatic heterocycles. The first-order valence-corrected chi connectivity index (χ1v) is 12.9. The second-order valence-electron chi connectivity index (χ2n) is 10.6. The highest BCUT2D eigenvalue weighted by Crippen LogP contribution is 2.45. The summed E-state index contributed by atoms with van der Waals surface area (Å²) in [6.45, 7) is 10.1. The van der Waals surface area contributed by atoms with Crippen LogP contribution in [0, 0.1) is 30.5 Å². The molecule has 2 bridgehead atoms. The molecule has 2 aliphatic carbocycles. The van der Waals surface area contributed by atoms with E-state index in [-0.39, 0.29) is 41.6 Å². The summed E-state index contributed by atoms with van der Waals surface area (Å²) in [5.74, 6) is -0.0129. The molecule has 192 valence electrons. The van der Waals surface area contributed by atoms with Crippen molar-refractivity contribution in [3.63, 3.8) is 0 Å². The second-order valence-corrected chi connectivity index (χ2v) is 10.6. The summed E-state index contributed by atoms with van der Waals surface area (Å²) in [7, 11) is 2.15. The molecule has 3 N–H and O–H groups in total. The highest BCUT2D eigenvalue weighted by atomic mass is 19.1. The van der Waals surface area contributed by atoms with Crippen LogP contribution in [0.1, 0.15) is 25.8 Å². The molecule has 9 heteroatoms. The van der Waals surface area contributed by atoms with E-state index >= 15 is 0 Å². The Bertz CT molecular complexity index is 1140. The molecule has 4 atom stereocenters. The third-order valence-electron chi connectivity index (χ3n) is 7.54. The lowest BCUT2D eigenvalue weighted by Crippen LogP contribution is -2.45. The van der Waals surface area contributed by atoms with Crippen LogP contribution in [-0.2, 0) is 4.79 Å². The first-order valence-electron chi connectivity index (χ1n) is 12.9. The highest BCUT2D eigenvalue weighted by Gasteiger charge is 2.48. The van der Waals surface area contributed by atoms with Gasteiger partial charge in [0.15, 0.2) is 11.6 Å². The molecule has 2 heterocycles. The van der Waals surface area contributed by atoms with E-state index in [0.29, 0.717) is 5.95 Å². The largest absolute Gasteiger partial charge is 0.369 e. The molecule has 36 heavy (non-hydrogen) atoms. The Morgan fingerprint density at radius 3 is 2.61 bits per heavy atom. The van der Waals surface area contributed by atoms with E-state index in [1.54, 1.807) is 0 Å². The van der Waals surface area contributed by atoms with Crippen molar-refractivity contribution in [1.29, 1.82) is 0 Å². The molecule has 1 aliphatic heterocycles. The number of nitrogens with one attached hydrogen (secondary N) is 3. The molecule has 1 saturated carbocycles. The predicted molar refractivity (Wildman–Crippen MR) is 141 cm³/mol. The first-order chi connectivity index (χ1) is 17.3. The molecule has 4 unspecified atom stereocenters. The Balaban J connectivity index is 1.30. The van der Waals surface area contributed by atoms with Gasteiger partial charge in [-0.2, -0.15) is 4.98 Å². The third-order valence-corrected chi connectivity index (χ3v) is 7.54. The van der Waals surface area contributed by atoms with Gasteiger partial charge in [0.25, 0.3) is 0 Å². The molecule has 1 amide bonds. The molecule has 0 spiro atoms. The van der Waals surface area contributed by atoms with Gasteiger partial charge in [-0.15, -0.1) is 0 Å². The summed E-state index contributed by atoms with van der Waals surface area (Å²) in [6.07, 6.45) is 6.31. The van der Waals surface area contributed by atoms with Gasteiger partial charge in [0, 0.05) is 49.6 Å². The Morgan fingerprint density at radius 1 is 1.14 bits per heavy atom. The fourth-order valence-electron chi connectivity index (χ4n) is 5.71. The monoisotopic (exact) mass is 493 g/mol. The maximum Gasteiger partial charge on any atom is 0.229 e. The number of carbonyl (C=O) groups is 1. The van der Waals surface area contributed by atoms with Crippen LogP contribution >= 0.6 is 0 Å². The van der Waals surface area contributed by atoms with Crippen molar-refractivity contribution in [2.75, 3.05) is 48.8 Å². The standard InChI is InChI=1S/C27H36FN7O/c1-16(2)30-26(36)23-18-5-6-19(14-18)24(23)32-25-21(28)15-29-27(33-25)31-20-7-8-22(17(3)13-20)35-11-9-34(4)10-12-35/h5-8,13,15-16,18-19,23-24H,9-12,14H2,1-4H3,(H,30,36)(H2,29,31,32,33). The average molecular weight is 494 g/mol. The van der Waals surface area contributed by atoms with E-state index < -0.39 is 5.82 Å². The summed E-state index contributed by atoms with van der Waals surface area (Å²) >= 11 is 0. The molecular weight excluding hydrogens is 457 g/mol. The van der Waals surface area contributed by atoms with Gasteiger partial charge in [0.05, 0.1) is 12.1 Å². The number of likely N-dealkylation sites (N-methyl/N-ethyl adjacent to an activating group) is 1. The van der Waals surface area contributed by atoms with Crippen LogP contribution in [0.3, 0.4) is 0 Å². The molecule has 3 aliphatic rings. The van der Waals surface area contributed by atoms with Crippen molar-refractivity contribution in [2.24, 2.45) is 17.8 Å². The number of benzene rings is 1. The predicted octanol–water partition coefficient (Wildman–Crippen LogP) is 3.55. The van der Waals surface area contributed by atoms with Gasteiger partial charge in [0.1, 0.15) is 0 Å². The van der Waals surface area contributed by atoms with E-state index in [2.05, 4.69) is 74.0 Å². The van der Waals surface area contributed by atoms with Crippen LogP contribution in [0.2, 0.25) is 0 Å². The summed E-state index contributed by atoms with van der Waals surface area (Å²) in [5, 5.41) is 9.49. The number of aromatic nitrogens is 2. The van der Waals surface area contributed by atoms with Crippen molar-refractivity contribution in [3.05, 3.63) is 47.9 Å². The number of hydrogen-bond donors (Lipinski definition) is 3. The summed E-state index contributed by atoms with van der Waals surface area (Å²) in [6, 6.07) is 6.04. The van der Waals surface area contributed by atoms with Gasteiger partial charge in [-0.3, -0.25) is 4.79 Å². The minimum Gasteiger partial charge on any atom is -0.369 e. The number of allylic oxidation sites excluding steroid dienone is 1. The fraction of sp³-hybridized carbons (Fsp3) is 0.519. The Hall–Kier alpha value is -3.20. The summed E-state index contributed by atoms with van der Waals surface area (Å²) < 4.78 is 14.8. The van der Waals surface area contributed by atoms with Crippen LogP contribution in [0.15, 0.2) is 36.5 Å². The van der Waals surface area contributed by atoms with Gasteiger partial charge >= 0.3 is 0 Å². The van der Waals surface area contributed by atoms with Crippen molar-refractivity contribution >= 4 is 29.0 Å². The first kappa shape index (κ1) is 24.5. The molecule has 2 fully saturated rings. The zero-order chi connectivity index (χ0) is 25.4. The average Bonchev–Trinajstić information content (AvgIpc) is 3.44. The van der Waals surface area contributed by atoms with E-state index in [9.17, 15) is 9.18 Å². The number of piperazine rings is 1. The van der Waals surface area contributed by atoms with Gasteiger partial charge in [-0.05, 0) is 69.8 Å². The molecule has 0 radical (unpaired) electrons. The van der Waals surface area contributed by atoms with Crippen molar-refractivity contribution in [2.45, 2.75) is 39.3 Å². The van der Waals surface area contributed by atoms with Gasteiger partial charge in [-0.25, -0.2) is 9.37 Å². The number of hydrogen-bond acceptors (Lipinski definition) is 7. The van der Waals surface area contributed by atoms with Crippen LogP contribution in [0.5, 0.6) is 0 Å². The van der Waals surface area contributed by atoms with Crippen molar-refractivity contribution < 1.29 is 9.18 Å². The fourth-order valence-corrected chi connectivity index (χ4v) is 5.71. The van der Waals surface area contributed by atoms with Crippen molar-refractivity contribution in [1.82, 2.24) is 20.2 Å². The minimum absolute atomic E-state index is 0.00285. The van der Waals surface area contributed by atoms with Gasteiger partial charge in [-0.1, -0.05) is 12.2 Å². The lowest BCUT2D eigenvalue weighted by Gasteiger charge is -2.35. The zero-order valence-corrected chi connectivity index (χ0v) is 21.5. The number of fused-ring (bicyclic) bond motifs is 2. The Kier molecular flexibility index (Phi) is 6.83. The van der Waals surface area contributed by atoms with E-state index in [4.69, 9.17) is 0 Å². The lowest BCUT2D eigenvalue weighted by atomic mass is 9.88. The molecule has 8 nitrogen and oxygen atoms in total. The number of aryl methyl sites for hydroxylation is 1. The van der Waals surface area contributed by atoms with Crippen LogP contribution in [0.4, 0.5) is 27.5 Å². The molecule has 1 aromatic carbocycles. The van der Waals surface area contributed by atoms with Crippen molar-refractivity contribution in [3.8, 4) is 0 Å². The Morgan fingerprint density at radius 2 is 1.89 bits per heavy atom. The lowest BCUT2D eigenvalue weighted by molar-refractivity contribution is -0.126. The van der Waals surface area contributed by atoms with Gasteiger partial charge < -0.3 is 25.8 Å². The maximum absolute atomic E-state index is 14.8. The number of amides is 1. The summed E-state index contributed by atoms with van der Waals surface area (Å²) in [5.41, 5.74) is 3.24. The quantitative estimate of drug-likeness (QED) is 0.509. The zero-order valence-electron chi connectivity index (χ0n) is 21.5. The second kappa shape index (κ2) is 10.0. The molecular formula is C27H36FN7O. The number of anilines is 4. The van der Waals surface area contributed by atoms with Gasteiger partial charge in [0.2, 0.25) is 11.9 Å². The number of carbonyl (C=O) groups excluding carboxylic acids is 1. The molecule has 1 saturated heterocycles. The number of rotatable bonds is 7. The Labute approximate surface area is 212 Å². The normalized spacial score (nSPS) is 25.4.